The average Bonchev–Trinajstić information content (AvgIpc) is 3.01. The number of carbonyl (C=O) groups is 2. The van der Waals surface area contributed by atoms with Crippen molar-refractivity contribution in [3.63, 3.8) is 0 Å². The SMILES string of the molecule is C[C@@H]1CCc2sc(C(=O)NNC(=O)c3ccc(CS(C)(=O)=O)cc3)cc2C1. The lowest BCUT2D eigenvalue weighted by Gasteiger charge is -2.16. The minimum absolute atomic E-state index is 0.0761. The Bertz CT molecular complexity index is 962. The summed E-state index contributed by atoms with van der Waals surface area (Å²) < 4.78 is 22.6. The summed E-state index contributed by atoms with van der Waals surface area (Å²) in [5.41, 5.74) is 7.03. The molecule has 0 fully saturated rings. The average molecular weight is 407 g/mol. The van der Waals surface area contributed by atoms with Gasteiger partial charge in [-0.2, -0.15) is 0 Å². The van der Waals surface area contributed by atoms with E-state index in [2.05, 4.69) is 17.8 Å². The van der Waals surface area contributed by atoms with E-state index in [-0.39, 0.29) is 11.7 Å². The fourth-order valence-corrected chi connectivity index (χ4v) is 5.02. The second kappa shape index (κ2) is 7.82. The lowest BCUT2D eigenvalue weighted by atomic mass is 9.90. The van der Waals surface area contributed by atoms with E-state index in [9.17, 15) is 18.0 Å². The van der Waals surface area contributed by atoms with Crippen LogP contribution in [0, 0.1) is 5.92 Å². The maximum Gasteiger partial charge on any atom is 0.279 e. The molecule has 0 spiro atoms. The first-order valence-electron chi connectivity index (χ1n) is 8.70. The van der Waals surface area contributed by atoms with E-state index in [1.165, 1.54) is 33.9 Å². The predicted octanol–water partition coefficient (Wildman–Crippen LogP) is 2.49. The molecule has 3 rings (SSSR count). The monoisotopic (exact) mass is 406 g/mol. The van der Waals surface area contributed by atoms with E-state index in [1.54, 1.807) is 12.1 Å². The van der Waals surface area contributed by atoms with Crippen LogP contribution in [0.5, 0.6) is 0 Å². The van der Waals surface area contributed by atoms with Crippen LogP contribution in [0.2, 0.25) is 0 Å². The predicted molar refractivity (Wildman–Crippen MR) is 105 cm³/mol. The lowest BCUT2D eigenvalue weighted by Crippen LogP contribution is -2.41. The molecule has 1 heterocycles. The maximum absolute atomic E-state index is 12.3. The van der Waals surface area contributed by atoms with Crippen molar-refractivity contribution in [3.8, 4) is 0 Å². The summed E-state index contributed by atoms with van der Waals surface area (Å²) in [6.07, 6.45) is 4.29. The smallest absolute Gasteiger partial charge is 0.267 e. The van der Waals surface area contributed by atoms with Crippen molar-refractivity contribution >= 4 is 33.0 Å². The molecule has 1 aliphatic carbocycles. The third-order valence-corrected chi connectivity index (χ3v) is 6.58. The van der Waals surface area contributed by atoms with Crippen molar-refractivity contribution in [1.29, 1.82) is 0 Å². The van der Waals surface area contributed by atoms with Crippen LogP contribution in [0.3, 0.4) is 0 Å². The minimum Gasteiger partial charge on any atom is -0.267 e. The Kier molecular flexibility index (Phi) is 5.67. The highest BCUT2D eigenvalue weighted by molar-refractivity contribution is 7.89. The molecule has 2 aromatic rings. The van der Waals surface area contributed by atoms with Gasteiger partial charge in [-0.15, -0.1) is 11.3 Å². The van der Waals surface area contributed by atoms with E-state index in [0.717, 1.165) is 25.5 Å². The van der Waals surface area contributed by atoms with Gasteiger partial charge in [0.15, 0.2) is 9.84 Å². The molecule has 2 N–H and O–H groups in total. The summed E-state index contributed by atoms with van der Waals surface area (Å²) in [5.74, 6) is -0.227. The zero-order valence-corrected chi connectivity index (χ0v) is 16.9. The zero-order valence-electron chi connectivity index (χ0n) is 15.2. The van der Waals surface area contributed by atoms with Gasteiger partial charge >= 0.3 is 0 Å². The molecule has 144 valence electrons. The summed E-state index contributed by atoms with van der Waals surface area (Å²) in [6, 6.07) is 8.16. The highest BCUT2D eigenvalue weighted by Crippen LogP contribution is 2.32. The van der Waals surface area contributed by atoms with Crippen LogP contribution >= 0.6 is 11.3 Å². The normalized spacial score (nSPS) is 16.4. The number of hydrogen-bond acceptors (Lipinski definition) is 5. The quantitative estimate of drug-likeness (QED) is 0.763. The number of amides is 2. The molecule has 0 saturated heterocycles. The van der Waals surface area contributed by atoms with Crippen molar-refractivity contribution in [2.45, 2.75) is 31.9 Å². The van der Waals surface area contributed by atoms with E-state index in [0.29, 0.717) is 21.9 Å². The molecule has 1 aromatic carbocycles. The third-order valence-electron chi connectivity index (χ3n) is 4.49. The van der Waals surface area contributed by atoms with Gasteiger partial charge in [-0.05, 0) is 54.5 Å². The zero-order chi connectivity index (χ0) is 19.6. The van der Waals surface area contributed by atoms with Crippen molar-refractivity contribution in [3.05, 3.63) is 56.8 Å². The van der Waals surface area contributed by atoms with Gasteiger partial charge in [0.05, 0.1) is 10.6 Å². The molecule has 0 unspecified atom stereocenters. The van der Waals surface area contributed by atoms with Crippen molar-refractivity contribution in [1.82, 2.24) is 10.9 Å². The second-order valence-corrected chi connectivity index (χ2v) is 10.4. The minimum atomic E-state index is -3.12. The maximum atomic E-state index is 12.3. The molecule has 0 aliphatic heterocycles. The topological polar surface area (TPSA) is 92.3 Å². The fourth-order valence-electron chi connectivity index (χ4n) is 3.12. The number of hydrogen-bond donors (Lipinski definition) is 2. The summed E-state index contributed by atoms with van der Waals surface area (Å²) >= 11 is 1.48. The molecule has 8 heteroatoms. The van der Waals surface area contributed by atoms with Crippen molar-refractivity contribution < 1.29 is 18.0 Å². The molecule has 1 aliphatic rings. The van der Waals surface area contributed by atoms with Crippen molar-refractivity contribution in [2.75, 3.05) is 6.26 Å². The Morgan fingerprint density at radius 2 is 1.81 bits per heavy atom. The number of aryl methyl sites for hydroxylation is 1. The highest BCUT2D eigenvalue weighted by atomic mass is 32.2. The fraction of sp³-hybridized carbons (Fsp3) is 0.368. The second-order valence-electron chi connectivity index (χ2n) is 7.08. The van der Waals surface area contributed by atoms with Crippen LogP contribution in [0.1, 0.15) is 49.4 Å². The first-order valence-corrected chi connectivity index (χ1v) is 11.6. The molecular formula is C19H22N2O4S2. The molecule has 2 amide bonds. The number of hydrazine groups is 1. The number of carbonyl (C=O) groups excluding carboxylic acids is 2. The lowest BCUT2D eigenvalue weighted by molar-refractivity contribution is 0.0849. The molecule has 1 aromatic heterocycles. The van der Waals surface area contributed by atoms with Crippen LogP contribution < -0.4 is 10.9 Å². The number of fused-ring (bicyclic) bond motifs is 1. The van der Waals surface area contributed by atoms with Crippen LogP contribution in [0.15, 0.2) is 30.3 Å². The Hall–Kier alpha value is -2.19. The number of sulfone groups is 1. The van der Waals surface area contributed by atoms with Crippen LogP contribution in [0.25, 0.3) is 0 Å². The number of rotatable bonds is 4. The van der Waals surface area contributed by atoms with Crippen LogP contribution in [0.4, 0.5) is 0 Å². The summed E-state index contributed by atoms with van der Waals surface area (Å²) in [7, 11) is -3.12. The van der Waals surface area contributed by atoms with E-state index < -0.39 is 15.7 Å². The Labute approximate surface area is 162 Å². The van der Waals surface area contributed by atoms with Gasteiger partial charge in [0.2, 0.25) is 0 Å². The molecule has 0 saturated carbocycles. The number of benzene rings is 1. The molecule has 0 bridgehead atoms. The van der Waals surface area contributed by atoms with Gasteiger partial charge in [0.1, 0.15) is 0 Å². The molecule has 1 atom stereocenters. The number of thiophene rings is 1. The van der Waals surface area contributed by atoms with Gasteiger partial charge in [0, 0.05) is 16.7 Å². The molecular weight excluding hydrogens is 384 g/mol. The summed E-state index contributed by atoms with van der Waals surface area (Å²) in [6.45, 7) is 2.21. The first kappa shape index (κ1) is 19.6. The highest BCUT2D eigenvalue weighted by Gasteiger charge is 2.21. The molecule has 27 heavy (non-hydrogen) atoms. The van der Waals surface area contributed by atoms with E-state index in [4.69, 9.17) is 0 Å². The Morgan fingerprint density at radius 1 is 1.15 bits per heavy atom. The van der Waals surface area contributed by atoms with E-state index in [1.807, 2.05) is 6.07 Å². The van der Waals surface area contributed by atoms with E-state index >= 15 is 0 Å². The van der Waals surface area contributed by atoms with Gasteiger partial charge in [-0.3, -0.25) is 20.4 Å². The molecule has 6 nitrogen and oxygen atoms in total. The van der Waals surface area contributed by atoms with Gasteiger partial charge in [0.25, 0.3) is 11.8 Å². The molecule has 0 radical (unpaired) electrons. The first-order chi connectivity index (χ1) is 12.7. The van der Waals surface area contributed by atoms with Crippen LogP contribution in [-0.2, 0) is 28.4 Å². The summed E-state index contributed by atoms with van der Waals surface area (Å²) in [4.78, 5) is 26.3. The van der Waals surface area contributed by atoms with Gasteiger partial charge < -0.3 is 0 Å². The van der Waals surface area contributed by atoms with Crippen molar-refractivity contribution in [2.24, 2.45) is 5.92 Å². The Balaban J connectivity index is 1.58. The largest absolute Gasteiger partial charge is 0.279 e. The summed E-state index contributed by atoms with van der Waals surface area (Å²) in [5, 5.41) is 0. The Morgan fingerprint density at radius 3 is 2.48 bits per heavy atom. The van der Waals surface area contributed by atoms with Gasteiger partial charge in [-0.25, -0.2) is 8.42 Å². The third kappa shape index (κ3) is 5.17. The van der Waals surface area contributed by atoms with Crippen LogP contribution in [-0.4, -0.2) is 26.5 Å². The standard InChI is InChI=1S/C19H22N2O4S2/c1-12-3-8-16-15(9-12)10-17(26-16)19(23)21-20-18(22)14-6-4-13(5-7-14)11-27(2,24)25/h4-7,10,12H,3,8-9,11H2,1-2H3,(H,20,22)(H,21,23)/t12-/m1/s1. The van der Waals surface area contributed by atoms with Gasteiger partial charge in [-0.1, -0.05) is 19.1 Å². The number of nitrogens with one attached hydrogen (secondary N) is 2.